The maximum absolute atomic E-state index is 4.82. The Morgan fingerprint density at radius 2 is 1.80 bits per heavy atom. The molecule has 0 saturated heterocycles. The van der Waals surface area contributed by atoms with Gasteiger partial charge in [0.15, 0.2) is 11.5 Å². The van der Waals surface area contributed by atoms with Gasteiger partial charge in [0.2, 0.25) is 0 Å². The monoisotopic (exact) mass is 390 g/mol. The number of aromatic nitrogens is 8. The second-order valence-corrected chi connectivity index (χ2v) is 6.79. The smallest absolute Gasteiger partial charge is 0.160 e. The van der Waals surface area contributed by atoms with Crippen LogP contribution < -0.4 is 0 Å². The summed E-state index contributed by atoms with van der Waals surface area (Å²) in [5.41, 5.74) is 6.53. The third-order valence-corrected chi connectivity index (χ3v) is 4.96. The summed E-state index contributed by atoms with van der Waals surface area (Å²) in [4.78, 5) is 25.7. The minimum atomic E-state index is 0.637. The van der Waals surface area contributed by atoms with Crippen LogP contribution >= 0.6 is 0 Å². The van der Waals surface area contributed by atoms with Crippen molar-refractivity contribution in [2.24, 2.45) is 0 Å². The molecule has 0 saturated carbocycles. The van der Waals surface area contributed by atoms with E-state index in [2.05, 4.69) is 35.1 Å². The second-order valence-electron chi connectivity index (χ2n) is 6.79. The zero-order valence-electron chi connectivity index (χ0n) is 15.6. The molecule has 0 atom stereocenters. The van der Waals surface area contributed by atoms with Gasteiger partial charge in [-0.3, -0.25) is 20.1 Å². The molecule has 0 fully saturated rings. The van der Waals surface area contributed by atoms with Gasteiger partial charge in [0.05, 0.1) is 23.1 Å². The van der Waals surface area contributed by atoms with Gasteiger partial charge in [0.25, 0.3) is 0 Å². The van der Waals surface area contributed by atoms with Gasteiger partial charge in [-0.15, -0.1) is 0 Å². The fourth-order valence-electron chi connectivity index (χ4n) is 3.53. The maximum Gasteiger partial charge on any atom is 0.160 e. The highest BCUT2D eigenvalue weighted by molar-refractivity contribution is 5.96. The third-order valence-electron chi connectivity index (χ3n) is 4.96. The van der Waals surface area contributed by atoms with Gasteiger partial charge >= 0.3 is 0 Å². The van der Waals surface area contributed by atoms with Crippen molar-refractivity contribution in [3.8, 4) is 34.0 Å². The normalized spacial score (nSPS) is 11.3. The highest BCUT2D eigenvalue weighted by Gasteiger charge is 2.17. The number of imidazole rings is 1. The molecular formula is C22H14N8. The maximum atomic E-state index is 4.82. The molecule has 6 aromatic heterocycles. The quantitative estimate of drug-likeness (QED) is 0.472. The van der Waals surface area contributed by atoms with Crippen LogP contribution in [0, 0.1) is 0 Å². The molecule has 0 amide bonds. The van der Waals surface area contributed by atoms with E-state index in [-0.39, 0.29) is 0 Å². The summed E-state index contributed by atoms with van der Waals surface area (Å²) >= 11 is 0. The van der Waals surface area contributed by atoms with Crippen molar-refractivity contribution in [3.05, 3.63) is 73.4 Å². The van der Waals surface area contributed by atoms with Gasteiger partial charge in [-0.25, -0.2) is 9.97 Å². The summed E-state index contributed by atoms with van der Waals surface area (Å²) in [6, 6.07) is 13.6. The van der Waals surface area contributed by atoms with Gasteiger partial charge in [-0.2, -0.15) is 5.10 Å². The number of rotatable bonds is 3. The minimum absolute atomic E-state index is 0.637. The molecule has 0 aromatic carbocycles. The average molecular weight is 390 g/mol. The summed E-state index contributed by atoms with van der Waals surface area (Å²) < 4.78 is 0. The number of aromatic amines is 2. The van der Waals surface area contributed by atoms with Gasteiger partial charge in [-0.05, 0) is 30.3 Å². The molecule has 2 N–H and O–H groups in total. The number of pyridine rings is 4. The first-order chi connectivity index (χ1) is 14.9. The van der Waals surface area contributed by atoms with Crippen LogP contribution in [-0.4, -0.2) is 40.1 Å². The Balaban J connectivity index is 1.52. The van der Waals surface area contributed by atoms with Crippen LogP contribution in [0.1, 0.15) is 0 Å². The van der Waals surface area contributed by atoms with Crippen LogP contribution in [-0.2, 0) is 0 Å². The Kier molecular flexibility index (Phi) is 3.60. The van der Waals surface area contributed by atoms with E-state index in [4.69, 9.17) is 4.98 Å². The lowest BCUT2D eigenvalue weighted by Gasteiger charge is -2.00. The second kappa shape index (κ2) is 6.56. The summed E-state index contributed by atoms with van der Waals surface area (Å²) in [7, 11) is 0. The van der Waals surface area contributed by atoms with Crippen molar-refractivity contribution in [2.45, 2.75) is 0 Å². The number of nitrogens with one attached hydrogen (secondary N) is 2. The van der Waals surface area contributed by atoms with Crippen LogP contribution in [0.2, 0.25) is 0 Å². The number of fused-ring (bicyclic) bond motifs is 2. The molecule has 0 aliphatic heterocycles. The van der Waals surface area contributed by atoms with Crippen LogP contribution in [0.25, 0.3) is 56.1 Å². The van der Waals surface area contributed by atoms with Gasteiger partial charge in [0.1, 0.15) is 11.2 Å². The fourth-order valence-corrected chi connectivity index (χ4v) is 3.53. The first-order valence-electron chi connectivity index (χ1n) is 9.38. The Morgan fingerprint density at radius 1 is 0.800 bits per heavy atom. The summed E-state index contributed by atoms with van der Waals surface area (Å²) in [5, 5.41) is 8.42. The number of H-pyrrole nitrogens is 2. The SMILES string of the molecule is c1ccc(-c2cc3c(-c4nc5c(-c6cccnc6)ccnc5[nH]4)n[nH]c3cn2)nc1. The molecular weight excluding hydrogens is 376 g/mol. The standard InChI is InChI=1S/C22H14N8/c1-2-8-24-16(5-1)17-10-15-18(12-26-17)29-30-20(15)22-27-19-14(6-9-25-21(19)28-22)13-4-3-7-23-11-13/h1-12H,(H,29,30)(H,25,27,28). The van der Waals surface area contributed by atoms with E-state index in [0.29, 0.717) is 17.2 Å². The lowest BCUT2D eigenvalue weighted by Crippen LogP contribution is -1.87. The van der Waals surface area contributed by atoms with Crippen molar-refractivity contribution in [1.82, 2.24) is 40.1 Å². The first kappa shape index (κ1) is 16.5. The minimum Gasteiger partial charge on any atom is -0.321 e. The number of nitrogens with zero attached hydrogens (tertiary/aromatic N) is 6. The molecule has 6 aromatic rings. The molecule has 6 heterocycles. The van der Waals surface area contributed by atoms with Crippen molar-refractivity contribution in [3.63, 3.8) is 0 Å². The molecule has 6 rings (SSSR count). The third kappa shape index (κ3) is 2.62. The molecule has 142 valence electrons. The predicted molar refractivity (Wildman–Crippen MR) is 113 cm³/mol. The topological polar surface area (TPSA) is 109 Å². The van der Waals surface area contributed by atoms with E-state index < -0.39 is 0 Å². The molecule has 30 heavy (non-hydrogen) atoms. The van der Waals surface area contributed by atoms with E-state index in [0.717, 1.165) is 38.9 Å². The van der Waals surface area contributed by atoms with Gasteiger partial charge in [-0.1, -0.05) is 12.1 Å². The molecule has 0 aliphatic rings. The summed E-state index contributed by atoms with van der Waals surface area (Å²) in [6.07, 6.45) is 8.84. The van der Waals surface area contributed by atoms with Crippen molar-refractivity contribution in [1.29, 1.82) is 0 Å². The molecule has 8 nitrogen and oxygen atoms in total. The van der Waals surface area contributed by atoms with E-state index >= 15 is 0 Å². The van der Waals surface area contributed by atoms with E-state index in [1.54, 1.807) is 24.8 Å². The zero-order chi connectivity index (χ0) is 19.9. The Morgan fingerprint density at radius 3 is 2.67 bits per heavy atom. The van der Waals surface area contributed by atoms with Gasteiger partial charge < -0.3 is 4.98 Å². The molecule has 0 spiro atoms. The molecule has 0 radical (unpaired) electrons. The predicted octanol–water partition coefficient (Wildman–Crippen LogP) is 4.02. The zero-order valence-corrected chi connectivity index (χ0v) is 15.6. The summed E-state index contributed by atoms with van der Waals surface area (Å²) in [6.45, 7) is 0. The highest BCUT2D eigenvalue weighted by Crippen LogP contribution is 2.31. The van der Waals surface area contributed by atoms with Crippen LogP contribution in [0.5, 0.6) is 0 Å². The summed E-state index contributed by atoms with van der Waals surface area (Å²) in [5.74, 6) is 0.637. The lowest BCUT2D eigenvalue weighted by atomic mass is 10.1. The Labute approximate surface area is 170 Å². The first-order valence-corrected chi connectivity index (χ1v) is 9.38. The van der Waals surface area contributed by atoms with Crippen LogP contribution in [0.15, 0.2) is 73.4 Å². The fraction of sp³-hybridized carbons (Fsp3) is 0. The van der Waals surface area contributed by atoms with Crippen LogP contribution in [0.3, 0.4) is 0 Å². The van der Waals surface area contributed by atoms with Gasteiger partial charge in [0, 0.05) is 41.3 Å². The molecule has 0 unspecified atom stereocenters. The molecule has 0 aliphatic carbocycles. The number of hydrogen-bond donors (Lipinski definition) is 2. The molecule has 0 bridgehead atoms. The van der Waals surface area contributed by atoms with Crippen molar-refractivity contribution >= 4 is 22.1 Å². The lowest BCUT2D eigenvalue weighted by molar-refractivity contribution is 1.10. The van der Waals surface area contributed by atoms with Crippen molar-refractivity contribution in [2.75, 3.05) is 0 Å². The Bertz CT molecular complexity index is 1490. The largest absolute Gasteiger partial charge is 0.321 e. The van der Waals surface area contributed by atoms with E-state index in [1.165, 1.54) is 0 Å². The highest BCUT2D eigenvalue weighted by atomic mass is 15.1. The number of hydrogen-bond acceptors (Lipinski definition) is 6. The Hall–Kier alpha value is -4.46. The van der Waals surface area contributed by atoms with E-state index in [9.17, 15) is 0 Å². The van der Waals surface area contributed by atoms with E-state index in [1.807, 2.05) is 48.7 Å². The van der Waals surface area contributed by atoms with Crippen molar-refractivity contribution < 1.29 is 0 Å². The molecule has 8 heteroatoms. The van der Waals surface area contributed by atoms with Crippen LogP contribution in [0.4, 0.5) is 0 Å². The average Bonchev–Trinajstić information content (AvgIpc) is 3.43.